The van der Waals surface area contributed by atoms with E-state index in [1.165, 1.54) is 0 Å². The van der Waals surface area contributed by atoms with Crippen molar-refractivity contribution in [2.75, 3.05) is 0 Å². The molecule has 0 aliphatic heterocycles. The van der Waals surface area contributed by atoms with Crippen molar-refractivity contribution in [1.29, 1.82) is 0 Å². The molecule has 262 valence electrons. The van der Waals surface area contributed by atoms with Crippen LogP contribution in [0.4, 0.5) is 0 Å². The fraction of sp³-hybridized carbons (Fsp3) is 0. The van der Waals surface area contributed by atoms with E-state index in [1.807, 2.05) is 84.9 Å². The van der Waals surface area contributed by atoms with Crippen molar-refractivity contribution in [2.45, 2.75) is 0 Å². The van der Waals surface area contributed by atoms with Gasteiger partial charge in [0, 0.05) is 45.9 Å². The van der Waals surface area contributed by atoms with E-state index in [0.29, 0.717) is 34.6 Å². The van der Waals surface area contributed by atoms with Gasteiger partial charge in [0.05, 0.1) is 6.20 Å². The summed E-state index contributed by atoms with van der Waals surface area (Å²) in [7, 11) is 0. The van der Waals surface area contributed by atoms with E-state index in [1.54, 1.807) is 18.6 Å². The standard InChI is InChI=1S/C48H28N6O2/c1-3-10-30(11-4-1)45-52-46(31-12-5-2-6-13-31)54-47(53-45)32-20-18-29(19-21-32)33-22-23-36(35-15-8-7-14-34(33)35)37-16-9-17-41-44(37)38-26-39-43(27-42(38)55-41)56-48(51-39)40-28-49-24-25-50-40/h1-28H. The van der Waals surface area contributed by atoms with E-state index in [4.69, 9.17) is 28.8 Å². The molecular weight excluding hydrogens is 693 g/mol. The highest BCUT2D eigenvalue weighted by Gasteiger charge is 2.19. The third kappa shape index (κ3) is 5.39. The summed E-state index contributed by atoms with van der Waals surface area (Å²) in [6, 6.07) is 51.7. The fourth-order valence-electron chi connectivity index (χ4n) is 7.51. The Bertz CT molecular complexity index is 3180. The molecular formula is C48H28N6O2. The molecule has 0 unspecified atom stereocenters. The zero-order valence-electron chi connectivity index (χ0n) is 29.7. The quantitative estimate of drug-likeness (QED) is 0.167. The highest BCUT2D eigenvalue weighted by molar-refractivity contribution is 6.18. The Morgan fingerprint density at radius 2 is 1.02 bits per heavy atom. The third-order valence-corrected chi connectivity index (χ3v) is 10.2. The van der Waals surface area contributed by atoms with Gasteiger partial charge in [-0.25, -0.2) is 24.9 Å². The van der Waals surface area contributed by atoms with Crippen LogP contribution in [0, 0.1) is 0 Å². The molecule has 7 aromatic carbocycles. The van der Waals surface area contributed by atoms with E-state index in [0.717, 1.165) is 77.2 Å². The summed E-state index contributed by atoms with van der Waals surface area (Å²) in [5, 5.41) is 4.28. The molecule has 0 aliphatic carbocycles. The Morgan fingerprint density at radius 1 is 0.393 bits per heavy atom. The minimum Gasteiger partial charge on any atom is -0.456 e. The van der Waals surface area contributed by atoms with Gasteiger partial charge >= 0.3 is 0 Å². The molecule has 0 radical (unpaired) electrons. The largest absolute Gasteiger partial charge is 0.456 e. The van der Waals surface area contributed by atoms with Gasteiger partial charge in [-0.1, -0.05) is 133 Å². The molecule has 56 heavy (non-hydrogen) atoms. The fourth-order valence-corrected chi connectivity index (χ4v) is 7.51. The molecule has 11 aromatic rings. The molecule has 0 atom stereocenters. The molecule has 11 rings (SSSR count). The molecule has 0 saturated heterocycles. The molecule has 8 nitrogen and oxygen atoms in total. The monoisotopic (exact) mass is 720 g/mol. The maximum absolute atomic E-state index is 6.43. The van der Waals surface area contributed by atoms with Crippen LogP contribution >= 0.6 is 0 Å². The minimum absolute atomic E-state index is 0.419. The predicted molar refractivity (Wildman–Crippen MR) is 220 cm³/mol. The lowest BCUT2D eigenvalue weighted by Gasteiger charge is -2.13. The van der Waals surface area contributed by atoms with Crippen LogP contribution in [0.15, 0.2) is 179 Å². The van der Waals surface area contributed by atoms with Crippen molar-refractivity contribution in [3.63, 3.8) is 0 Å². The molecule has 0 bridgehead atoms. The molecule has 8 heteroatoms. The summed E-state index contributed by atoms with van der Waals surface area (Å²) in [6.45, 7) is 0. The second-order valence-electron chi connectivity index (χ2n) is 13.5. The van der Waals surface area contributed by atoms with Crippen LogP contribution < -0.4 is 0 Å². The van der Waals surface area contributed by atoms with Gasteiger partial charge in [-0.3, -0.25) is 4.98 Å². The first-order chi connectivity index (χ1) is 27.7. The Hall–Kier alpha value is -7.84. The number of nitrogens with zero attached hydrogens (tertiary/aromatic N) is 6. The molecule has 0 amide bonds. The van der Waals surface area contributed by atoms with Crippen LogP contribution in [-0.4, -0.2) is 29.9 Å². The van der Waals surface area contributed by atoms with Crippen LogP contribution in [0.2, 0.25) is 0 Å². The summed E-state index contributed by atoms with van der Waals surface area (Å²) >= 11 is 0. The summed E-state index contributed by atoms with van der Waals surface area (Å²) in [6.07, 6.45) is 4.89. The van der Waals surface area contributed by atoms with Gasteiger partial charge in [0.25, 0.3) is 0 Å². The number of fused-ring (bicyclic) bond motifs is 5. The lowest BCUT2D eigenvalue weighted by molar-refractivity contribution is 0.614. The average Bonchev–Trinajstić information content (AvgIpc) is 3.87. The Kier molecular flexibility index (Phi) is 7.31. The van der Waals surface area contributed by atoms with Crippen LogP contribution in [0.3, 0.4) is 0 Å². The topological polar surface area (TPSA) is 104 Å². The molecule has 0 spiro atoms. The Labute approximate surface area is 319 Å². The normalized spacial score (nSPS) is 11.6. The van der Waals surface area contributed by atoms with Gasteiger partial charge < -0.3 is 8.83 Å². The lowest BCUT2D eigenvalue weighted by Crippen LogP contribution is -2.00. The van der Waals surface area contributed by atoms with E-state index >= 15 is 0 Å². The van der Waals surface area contributed by atoms with Crippen molar-refractivity contribution < 1.29 is 8.83 Å². The summed E-state index contributed by atoms with van der Waals surface area (Å²) in [4.78, 5) is 28.0. The van der Waals surface area contributed by atoms with Gasteiger partial charge in [0.15, 0.2) is 23.1 Å². The molecule has 0 fully saturated rings. The Balaban J connectivity index is 1.00. The zero-order chi connectivity index (χ0) is 37.0. The molecule has 4 aromatic heterocycles. The minimum atomic E-state index is 0.419. The smallest absolute Gasteiger partial charge is 0.247 e. The number of rotatable bonds is 6. The highest BCUT2D eigenvalue weighted by atomic mass is 16.4. The van der Waals surface area contributed by atoms with E-state index in [9.17, 15) is 0 Å². The second kappa shape index (κ2) is 12.9. The number of furan rings is 1. The number of aromatic nitrogens is 6. The van der Waals surface area contributed by atoms with Crippen molar-refractivity contribution in [3.8, 4) is 68.0 Å². The van der Waals surface area contributed by atoms with Crippen molar-refractivity contribution in [3.05, 3.63) is 170 Å². The first-order valence-corrected chi connectivity index (χ1v) is 18.3. The first kappa shape index (κ1) is 31.7. The van der Waals surface area contributed by atoms with E-state index < -0.39 is 0 Å². The van der Waals surface area contributed by atoms with Crippen LogP contribution in [0.5, 0.6) is 0 Å². The number of hydrogen-bond acceptors (Lipinski definition) is 8. The summed E-state index contributed by atoms with van der Waals surface area (Å²) in [5.74, 6) is 2.32. The number of oxazole rings is 1. The van der Waals surface area contributed by atoms with Gasteiger partial charge in [-0.15, -0.1) is 0 Å². The average molecular weight is 721 g/mol. The summed E-state index contributed by atoms with van der Waals surface area (Å²) < 4.78 is 12.5. The second-order valence-corrected chi connectivity index (χ2v) is 13.5. The predicted octanol–water partition coefficient (Wildman–Crippen LogP) is 11.9. The van der Waals surface area contributed by atoms with Crippen molar-refractivity contribution in [2.24, 2.45) is 0 Å². The van der Waals surface area contributed by atoms with Gasteiger partial charge in [-0.05, 0) is 45.2 Å². The molecule has 0 aliphatic rings. The third-order valence-electron chi connectivity index (χ3n) is 10.2. The van der Waals surface area contributed by atoms with Crippen molar-refractivity contribution in [1.82, 2.24) is 29.9 Å². The molecule has 4 heterocycles. The van der Waals surface area contributed by atoms with Crippen LogP contribution in [0.25, 0.3) is 112 Å². The van der Waals surface area contributed by atoms with Gasteiger partial charge in [-0.2, -0.15) is 0 Å². The summed E-state index contributed by atoms with van der Waals surface area (Å²) in [5.41, 5.74) is 10.7. The molecule has 0 N–H and O–H groups in total. The van der Waals surface area contributed by atoms with Crippen LogP contribution in [0.1, 0.15) is 0 Å². The SMILES string of the molecule is c1ccc(-c2nc(-c3ccccc3)nc(-c3ccc(-c4ccc(-c5cccc6oc7cc8oc(-c9cnccn9)nc8cc7c56)c5ccccc45)cc3)n2)cc1. The van der Waals surface area contributed by atoms with E-state index in [2.05, 4.69) is 76.7 Å². The lowest BCUT2D eigenvalue weighted by atomic mass is 9.90. The van der Waals surface area contributed by atoms with Crippen molar-refractivity contribution >= 4 is 43.8 Å². The van der Waals surface area contributed by atoms with Crippen LogP contribution in [-0.2, 0) is 0 Å². The van der Waals surface area contributed by atoms with E-state index in [-0.39, 0.29) is 0 Å². The van der Waals surface area contributed by atoms with Gasteiger partial charge in [0.1, 0.15) is 22.4 Å². The maximum atomic E-state index is 6.43. The van der Waals surface area contributed by atoms with Gasteiger partial charge in [0.2, 0.25) is 5.89 Å². The Morgan fingerprint density at radius 3 is 1.70 bits per heavy atom. The first-order valence-electron chi connectivity index (χ1n) is 18.3. The number of hydrogen-bond donors (Lipinski definition) is 0. The number of benzene rings is 7. The molecule has 0 saturated carbocycles. The maximum Gasteiger partial charge on any atom is 0.247 e. The highest BCUT2D eigenvalue weighted by Crippen LogP contribution is 2.43. The zero-order valence-corrected chi connectivity index (χ0v) is 29.7.